The Morgan fingerprint density at radius 2 is 2.08 bits per heavy atom. The van der Waals surface area contributed by atoms with E-state index < -0.39 is 6.04 Å². The number of fused-ring (bicyclic) bond motifs is 2. The monoisotopic (exact) mass is 330 g/mol. The minimum Gasteiger partial charge on any atom is -0.467 e. The Labute approximate surface area is 141 Å². The molecule has 0 aromatic heterocycles. The van der Waals surface area contributed by atoms with E-state index in [1.54, 1.807) is 9.96 Å². The van der Waals surface area contributed by atoms with E-state index in [0.29, 0.717) is 19.6 Å². The molecule has 0 bridgehead atoms. The third-order valence-electron chi connectivity index (χ3n) is 5.45. The summed E-state index contributed by atoms with van der Waals surface area (Å²) in [7, 11) is 1.38. The molecule has 24 heavy (non-hydrogen) atoms. The zero-order valence-electron chi connectivity index (χ0n) is 13.8. The number of methoxy groups -OCH3 is 1. The van der Waals surface area contributed by atoms with Crippen molar-refractivity contribution in [2.24, 2.45) is 5.92 Å². The standard InChI is InChI=1S/C18H22N2O4/c1-23-18(22)15-8-7-14-9-13-11-24-19(16(13)17(21)20(14)15)10-12-5-3-2-4-6-12/h2-6,13-16H,7-11H2,1H3/t13-,14?,15+,16+/m1/s1. The molecule has 1 amide bonds. The number of ether oxygens (including phenoxy) is 1. The number of piperidine rings is 1. The Morgan fingerprint density at radius 3 is 2.83 bits per heavy atom. The minimum absolute atomic E-state index is 0.0116. The maximum absolute atomic E-state index is 13.1. The van der Waals surface area contributed by atoms with E-state index in [4.69, 9.17) is 9.57 Å². The van der Waals surface area contributed by atoms with Crippen molar-refractivity contribution in [1.82, 2.24) is 9.96 Å². The average Bonchev–Trinajstić information content (AvgIpc) is 3.20. The second kappa shape index (κ2) is 6.18. The van der Waals surface area contributed by atoms with Gasteiger partial charge < -0.3 is 9.64 Å². The van der Waals surface area contributed by atoms with Gasteiger partial charge in [-0.2, -0.15) is 5.06 Å². The van der Waals surface area contributed by atoms with Gasteiger partial charge >= 0.3 is 5.97 Å². The fraction of sp³-hybridized carbons (Fsp3) is 0.556. The van der Waals surface area contributed by atoms with E-state index >= 15 is 0 Å². The van der Waals surface area contributed by atoms with Gasteiger partial charge in [0, 0.05) is 18.5 Å². The molecular weight excluding hydrogens is 308 g/mol. The first-order chi connectivity index (χ1) is 11.7. The van der Waals surface area contributed by atoms with Crippen LogP contribution in [0.4, 0.5) is 0 Å². The van der Waals surface area contributed by atoms with E-state index in [9.17, 15) is 9.59 Å². The van der Waals surface area contributed by atoms with Crippen LogP contribution in [0, 0.1) is 5.92 Å². The van der Waals surface area contributed by atoms with Crippen molar-refractivity contribution < 1.29 is 19.2 Å². The van der Waals surface area contributed by atoms with Crippen LogP contribution in [0.15, 0.2) is 30.3 Å². The lowest BCUT2D eigenvalue weighted by Crippen LogP contribution is -2.58. The Bertz CT molecular complexity index is 635. The van der Waals surface area contributed by atoms with E-state index in [-0.39, 0.29) is 29.9 Å². The van der Waals surface area contributed by atoms with Crippen molar-refractivity contribution in [2.45, 2.75) is 43.9 Å². The quantitative estimate of drug-likeness (QED) is 0.783. The van der Waals surface area contributed by atoms with Crippen LogP contribution in [0.1, 0.15) is 24.8 Å². The summed E-state index contributed by atoms with van der Waals surface area (Å²) in [4.78, 5) is 32.7. The van der Waals surface area contributed by atoms with Crippen molar-refractivity contribution >= 4 is 11.9 Å². The smallest absolute Gasteiger partial charge is 0.328 e. The van der Waals surface area contributed by atoms with Gasteiger partial charge in [-0.25, -0.2) is 4.79 Å². The number of carbonyl (C=O) groups is 2. The minimum atomic E-state index is -0.437. The number of amides is 1. The highest BCUT2D eigenvalue weighted by molar-refractivity contribution is 5.89. The number of nitrogens with zero attached hydrogens (tertiary/aromatic N) is 2. The van der Waals surface area contributed by atoms with Crippen LogP contribution >= 0.6 is 0 Å². The van der Waals surface area contributed by atoms with Crippen LogP contribution < -0.4 is 0 Å². The molecule has 0 aliphatic carbocycles. The molecule has 128 valence electrons. The van der Waals surface area contributed by atoms with Crippen molar-refractivity contribution in [3.05, 3.63) is 35.9 Å². The van der Waals surface area contributed by atoms with Gasteiger partial charge in [-0.1, -0.05) is 30.3 Å². The summed E-state index contributed by atoms with van der Waals surface area (Å²) in [6.07, 6.45) is 2.46. The molecule has 6 nitrogen and oxygen atoms in total. The lowest BCUT2D eigenvalue weighted by molar-refractivity contribution is -0.172. The summed E-state index contributed by atoms with van der Waals surface area (Å²) in [5.41, 5.74) is 1.11. The summed E-state index contributed by atoms with van der Waals surface area (Å²) in [6, 6.07) is 9.39. The highest BCUT2D eigenvalue weighted by atomic mass is 16.7. The van der Waals surface area contributed by atoms with Crippen molar-refractivity contribution in [1.29, 1.82) is 0 Å². The molecule has 3 fully saturated rings. The molecule has 3 saturated heterocycles. The Kier molecular flexibility index (Phi) is 4.02. The molecule has 6 heteroatoms. The van der Waals surface area contributed by atoms with Gasteiger partial charge in [-0.3, -0.25) is 9.63 Å². The molecule has 4 rings (SSSR count). The molecular formula is C18H22N2O4. The summed E-state index contributed by atoms with van der Waals surface area (Å²) in [6.45, 7) is 1.16. The SMILES string of the molecule is COC(=O)[C@@H]1CCC2C[C@@H]3CON(Cc4ccccc4)[C@@H]3C(=O)N21. The lowest BCUT2D eigenvalue weighted by Gasteiger charge is -2.40. The summed E-state index contributed by atoms with van der Waals surface area (Å²) < 4.78 is 4.89. The largest absolute Gasteiger partial charge is 0.467 e. The molecule has 1 unspecified atom stereocenters. The molecule has 1 aromatic carbocycles. The summed E-state index contributed by atoms with van der Waals surface area (Å²) >= 11 is 0. The van der Waals surface area contributed by atoms with Crippen LogP contribution in [0.3, 0.4) is 0 Å². The molecule has 3 aliphatic rings. The third kappa shape index (κ3) is 2.50. The second-order valence-corrected chi connectivity index (χ2v) is 6.81. The third-order valence-corrected chi connectivity index (χ3v) is 5.45. The topological polar surface area (TPSA) is 59.1 Å². The molecule has 4 atom stereocenters. The number of carbonyl (C=O) groups excluding carboxylic acids is 2. The highest BCUT2D eigenvalue weighted by Gasteiger charge is 2.54. The van der Waals surface area contributed by atoms with Crippen LogP contribution in [-0.2, 0) is 25.7 Å². The number of rotatable bonds is 3. The fourth-order valence-corrected chi connectivity index (χ4v) is 4.34. The molecule has 0 spiro atoms. The van der Waals surface area contributed by atoms with Crippen LogP contribution in [0.2, 0.25) is 0 Å². The Morgan fingerprint density at radius 1 is 1.29 bits per heavy atom. The maximum Gasteiger partial charge on any atom is 0.328 e. The Hall–Kier alpha value is -1.92. The van der Waals surface area contributed by atoms with Crippen molar-refractivity contribution in [2.75, 3.05) is 13.7 Å². The summed E-state index contributed by atoms with van der Waals surface area (Å²) in [5, 5.41) is 1.80. The zero-order valence-corrected chi connectivity index (χ0v) is 13.8. The van der Waals surface area contributed by atoms with Gasteiger partial charge in [-0.05, 0) is 24.8 Å². The number of hydrogen-bond donors (Lipinski definition) is 0. The van der Waals surface area contributed by atoms with E-state index in [2.05, 4.69) is 0 Å². The first-order valence-corrected chi connectivity index (χ1v) is 8.52. The van der Waals surface area contributed by atoms with E-state index in [1.165, 1.54) is 7.11 Å². The van der Waals surface area contributed by atoms with Crippen molar-refractivity contribution in [3.63, 3.8) is 0 Å². The number of hydroxylamine groups is 2. The van der Waals surface area contributed by atoms with Gasteiger partial charge in [0.2, 0.25) is 5.91 Å². The number of esters is 1. The molecule has 3 heterocycles. The fourth-order valence-electron chi connectivity index (χ4n) is 4.34. The van der Waals surface area contributed by atoms with Crippen LogP contribution in [0.5, 0.6) is 0 Å². The molecule has 0 N–H and O–H groups in total. The van der Waals surface area contributed by atoms with E-state index in [0.717, 1.165) is 18.4 Å². The predicted octanol–water partition coefficient (Wildman–Crippen LogP) is 1.35. The van der Waals surface area contributed by atoms with Gasteiger partial charge in [0.15, 0.2) is 0 Å². The average molecular weight is 330 g/mol. The van der Waals surface area contributed by atoms with Crippen LogP contribution in [-0.4, -0.2) is 53.7 Å². The zero-order chi connectivity index (χ0) is 16.7. The first kappa shape index (κ1) is 15.6. The van der Waals surface area contributed by atoms with Crippen molar-refractivity contribution in [3.8, 4) is 0 Å². The summed E-state index contributed by atoms with van der Waals surface area (Å²) in [5.74, 6) is -0.0886. The molecule has 0 radical (unpaired) electrons. The molecule has 3 aliphatic heterocycles. The maximum atomic E-state index is 13.1. The molecule has 0 saturated carbocycles. The highest BCUT2D eigenvalue weighted by Crippen LogP contribution is 2.40. The molecule has 1 aromatic rings. The number of hydrogen-bond acceptors (Lipinski definition) is 5. The van der Waals surface area contributed by atoms with Gasteiger partial charge in [0.25, 0.3) is 0 Å². The number of benzene rings is 1. The predicted molar refractivity (Wildman–Crippen MR) is 85.5 cm³/mol. The first-order valence-electron chi connectivity index (χ1n) is 8.52. The van der Waals surface area contributed by atoms with E-state index in [1.807, 2.05) is 30.3 Å². The van der Waals surface area contributed by atoms with Crippen LogP contribution in [0.25, 0.3) is 0 Å². The lowest BCUT2D eigenvalue weighted by atomic mass is 9.87. The van der Waals surface area contributed by atoms with Gasteiger partial charge in [0.1, 0.15) is 12.1 Å². The van der Waals surface area contributed by atoms with Gasteiger partial charge in [-0.15, -0.1) is 0 Å². The Balaban J connectivity index is 1.55. The second-order valence-electron chi connectivity index (χ2n) is 6.81. The van der Waals surface area contributed by atoms with Gasteiger partial charge in [0.05, 0.1) is 13.7 Å². The normalized spacial score (nSPS) is 32.5.